The van der Waals surface area contributed by atoms with Crippen molar-refractivity contribution in [3.8, 4) is 0 Å². The van der Waals surface area contributed by atoms with Crippen molar-refractivity contribution in [2.24, 2.45) is 5.73 Å². The number of nitrogens with one attached hydrogen (secondary N) is 1. The molecule has 0 radical (unpaired) electrons. The van der Waals surface area contributed by atoms with Crippen LogP contribution < -0.4 is 11.1 Å². The summed E-state index contributed by atoms with van der Waals surface area (Å²) in [5, 5.41) is 20.0. The van der Waals surface area contributed by atoms with Gasteiger partial charge in [0.1, 0.15) is 0 Å². The van der Waals surface area contributed by atoms with Crippen LogP contribution in [-0.4, -0.2) is 40.9 Å². The highest BCUT2D eigenvalue weighted by Crippen LogP contribution is 2.00. The first-order chi connectivity index (χ1) is 5.45. The molecular formula is C7H16N2O3. The molecule has 0 fully saturated rings. The molecule has 0 aliphatic carbocycles. The fraction of sp³-hybridized carbons (Fsp3) is 0.857. The van der Waals surface area contributed by atoms with Gasteiger partial charge in [0.25, 0.3) is 0 Å². The number of aliphatic hydroxyl groups is 2. The second-order valence-electron chi connectivity index (χ2n) is 3.15. The zero-order chi connectivity index (χ0) is 9.78. The summed E-state index contributed by atoms with van der Waals surface area (Å²) >= 11 is 0. The van der Waals surface area contributed by atoms with Crippen LogP contribution in [0.4, 0.5) is 0 Å². The third-order valence-corrected chi connectivity index (χ3v) is 1.54. The van der Waals surface area contributed by atoms with Crippen LogP contribution >= 0.6 is 0 Å². The van der Waals surface area contributed by atoms with E-state index >= 15 is 0 Å². The molecule has 0 aromatic carbocycles. The first-order valence-electron chi connectivity index (χ1n) is 3.74. The predicted molar refractivity (Wildman–Crippen MR) is 44.4 cm³/mol. The van der Waals surface area contributed by atoms with Crippen LogP contribution in [0.25, 0.3) is 0 Å². The summed E-state index contributed by atoms with van der Waals surface area (Å²) in [6.07, 6.45) is 0. The number of rotatable bonds is 4. The van der Waals surface area contributed by atoms with Gasteiger partial charge in [-0.25, -0.2) is 0 Å². The molecule has 0 aliphatic rings. The molecule has 5 nitrogen and oxygen atoms in total. The van der Waals surface area contributed by atoms with E-state index in [-0.39, 0.29) is 19.1 Å². The minimum atomic E-state index is -0.981. The van der Waals surface area contributed by atoms with Gasteiger partial charge in [-0.2, -0.15) is 0 Å². The fourth-order valence-corrected chi connectivity index (χ4v) is 0.540. The van der Waals surface area contributed by atoms with Gasteiger partial charge in [-0.3, -0.25) is 4.79 Å². The zero-order valence-corrected chi connectivity index (χ0v) is 7.37. The summed E-state index contributed by atoms with van der Waals surface area (Å²) in [4.78, 5) is 11.0. The van der Waals surface area contributed by atoms with Gasteiger partial charge in [-0.1, -0.05) is 0 Å². The standard InChI is InChI=1S/C7H16N2O3/c1-5(8)6(12)9-7(2,3-10)4-11/h5,10-11H,3-4,8H2,1-2H3,(H,9,12)/t5-/m0/s1. The maximum Gasteiger partial charge on any atom is 0.237 e. The molecule has 0 aliphatic heterocycles. The molecule has 1 atom stereocenters. The minimum absolute atomic E-state index is 0.317. The van der Waals surface area contributed by atoms with E-state index in [0.717, 1.165) is 0 Å². The monoisotopic (exact) mass is 176 g/mol. The highest BCUT2D eigenvalue weighted by atomic mass is 16.3. The van der Waals surface area contributed by atoms with E-state index in [0.29, 0.717) is 0 Å². The Morgan fingerprint density at radius 1 is 1.58 bits per heavy atom. The van der Waals surface area contributed by atoms with Crippen LogP contribution in [0.2, 0.25) is 0 Å². The number of amides is 1. The topological polar surface area (TPSA) is 95.6 Å². The van der Waals surface area contributed by atoms with Crippen LogP contribution in [-0.2, 0) is 4.79 Å². The molecule has 72 valence electrons. The molecule has 0 aromatic rings. The van der Waals surface area contributed by atoms with Gasteiger partial charge in [-0.05, 0) is 13.8 Å². The molecular weight excluding hydrogens is 160 g/mol. The van der Waals surface area contributed by atoms with Gasteiger partial charge >= 0.3 is 0 Å². The molecule has 5 N–H and O–H groups in total. The molecule has 0 saturated heterocycles. The molecule has 0 rings (SSSR count). The van der Waals surface area contributed by atoms with Crippen molar-refractivity contribution < 1.29 is 15.0 Å². The lowest BCUT2D eigenvalue weighted by Crippen LogP contribution is -2.55. The van der Waals surface area contributed by atoms with Crippen molar-refractivity contribution in [2.75, 3.05) is 13.2 Å². The second-order valence-corrected chi connectivity index (χ2v) is 3.15. The fourth-order valence-electron chi connectivity index (χ4n) is 0.540. The van der Waals surface area contributed by atoms with Gasteiger partial charge in [0.2, 0.25) is 5.91 Å². The summed E-state index contributed by atoms with van der Waals surface area (Å²) in [5.74, 6) is -0.388. The summed E-state index contributed by atoms with van der Waals surface area (Å²) in [5.41, 5.74) is 4.30. The van der Waals surface area contributed by atoms with Crippen molar-refractivity contribution in [1.82, 2.24) is 5.32 Å². The molecule has 0 spiro atoms. The summed E-state index contributed by atoms with van der Waals surface area (Å²) in [7, 11) is 0. The van der Waals surface area contributed by atoms with E-state index in [2.05, 4.69) is 5.32 Å². The first-order valence-corrected chi connectivity index (χ1v) is 3.74. The number of hydrogen-bond acceptors (Lipinski definition) is 4. The molecule has 0 aromatic heterocycles. The Morgan fingerprint density at radius 3 is 2.25 bits per heavy atom. The Hall–Kier alpha value is -0.650. The first kappa shape index (κ1) is 11.4. The quantitative estimate of drug-likeness (QED) is 0.406. The summed E-state index contributed by atoms with van der Waals surface area (Å²) in [6.45, 7) is 2.43. The molecule has 0 heterocycles. The lowest BCUT2D eigenvalue weighted by Gasteiger charge is -2.26. The maximum atomic E-state index is 11.0. The molecule has 0 unspecified atom stereocenters. The Balaban J connectivity index is 4.12. The van der Waals surface area contributed by atoms with Crippen molar-refractivity contribution >= 4 is 5.91 Å². The van der Waals surface area contributed by atoms with E-state index in [1.165, 1.54) is 13.8 Å². The van der Waals surface area contributed by atoms with Gasteiger partial charge in [0, 0.05) is 0 Å². The average molecular weight is 176 g/mol. The highest BCUT2D eigenvalue weighted by Gasteiger charge is 2.25. The Morgan fingerprint density at radius 2 is 2.00 bits per heavy atom. The van der Waals surface area contributed by atoms with Crippen molar-refractivity contribution in [3.05, 3.63) is 0 Å². The van der Waals surface area contributed by atoms with Crippen LogP contribution in [0.1, 0.15) is 13.8 Å². The van der Waals surface area contributed by atoms with Crippen molar-refractivity contribution in [2.45, 2.75) is 25.4 Å². The van der Waals surface area contributed by atoms with Crippen molar-refractivity contribution in [1.29, 1.82) is 0 Å². The lowest BCUT2D eigenvalue weighted by atomic mass is 10.1. The normalized spacial score (nSPS) is 14.1. The smallest absolute Gasteiger partial charge is 0.237 e. The summed E-state index contributed by atoms with van der Waals surface area (Å²) in [6, 6.07) is -0.637. The number of hydrogen-bond donors (Lipinski definition) is 4. The van der Waals surface area contributed by atoms with Gasteiger partial charge in [0.15, 0.2) is 0 Å². The van der Waals surface area contributed by atoms with E-state index in [1.54, 1.807) is 0 Å². The Kier molecular flexibility index (Phi) is 4.16. The van der Waals surface area contributed by atoms with E-state index < -0.39 is 11.6 Å². The Labute approximate surface area is 71.6 Å². The Bertz CT molecular complexity index is 155. The molecule has 0 bridgehead atoms. The molecule has 12 heavy (non-hydrogen) atoms. The second kappa shape index (κ2) is 4.39. The SMILES string of the molecule is C[C@H](N)C(=O)NC(C)(CO)CO. The van der Waals surface area contributed by atoms with Crippen LogP contribution in [0.3, 0.4) is 0 Å². The highest BCUT2D eigenvalue weighted by molar-refractivity contribution is 5.81. The number of nitrogens with two attached hydrogens (primary N) is 1. The van der Waals surface area contributed by atoms with Crippen LogP contribution in [0, 0.1) is 0 Å². The largest absolute Gasteiger partial charge is 0.394 e. The molecule has 0 saturated carbocycles. The van der Waals surface area contributed by atoms with Crippen LogP contribution in [0.15, 0.2) is 0 Å². The third kappa shape index (κ3) is 3.17. The zero-order valence-electron chi connectivity index (χ0n) is 7.37. The number of aliphatic hydroxyl groups excluding tert-OH is 2. The summed E-state index contributed by atoms with van der Waals surface area (Å²) < 4.78 is 0. The molecule has 1 amide bonds. The van der Waals surface area contributed by atoms with Crippen LogP contribution in [0.5, 0.6) is 0 Å². The lowest BCUT2D eigenvalue weighted by molar-refractivity contribution is -0.125. The number of carbonyl (C=O) groups is 1. The van der Waals surface area contributed by atoms with E-state index in [1.807, 2.05) is 0 Å². The maximum absolute atomic E-state index is 11.0. The molecule has 5 heteroatoms. The average Bonchev–Trinajstić information content (AvgIpc) is 2.04. The van der Waals surface area contributed by atoms with Crippen molar-refractivity contribution in [3.63, 3.8) is 0 Å². The predicted octanol–water partition coefficient (Wildman–Crippen LogP) is -1.81. The third-order valence-electron chi connectivity index (χ3n) is 1.54. The van der Waals surface area contributed by atoms with Gasteiger partial charge in [-0.15, -0.1) is 0 Å². The minimum Gasteiger partial charge on any atom is -0.394 e. The number of carbonyl (C=O) groups excluding carboxylic acids is 1. The van der Waals surface area contributed by atoms with E-state index in [9.17, 15) is 4.79 Å². The van der Waals surface area contributed by atoms with Gasteiger partial charge < -0.3 is 21.3 Å². The van der Waals surface area contributed by atoms with E-state index in [4.69, 9.17) is 15.9 Å². The van der Waals surface area contributed by atoms with Gasteiger partial charge in [0.05, 0.1) is 24.8 Å².